The number of imidazole rings is 1. The predicted octanol–water partition coefficient (Wildman–Crippen LogP) is 5.02. The van der Waals surface area contributed by atoms with Crippen molar-refractivity contribution in [1.82, 2.24) is 18.7 Å². The lowest BCUT2D eigenvalue weighted by atomic mass is 10.2. The van der Waals surface area contributed by atoms with Crippen LogP contribution in [0.2, 0.25) is 0 Å². The third kappa shape index (κ3) is 4.43. The molecule has 1 aliphatic heterocycles. The Morgan fingerprint density at radius 2 is 1.94 bits per heavy atom. The van der Waals surface area contributed by atoms with Gasteiger partial charge in [0.1, 0.15) is 4.90 Å². The van der Waals surface area contributed by atoms with E-state index in [1.165, 1.54) is 0 Å². The Bertz CT molecular complexity index is 1600. The minimum absolute atomic E-state index is 0.0943. The first-order valence-electron chi connectivity index (χ1n) is 12.1. The van der Waals surface area contributed by atoms with Crippen molar-refractivity contribution < 1.29 is 13.2 Å². The monoisotopic (exact) mass is 518 g/mol. The lowest BCUT2D eigenvalue weighted by Crippen LogP contribution is -2.39. The normalized spacial score (nSPS) is 16.4. The molecule has 1 aliphatic rings. The Hall–Kier alpha value is -3.11. The van der Waals surface area contributed by atoms with Gasteiger partial charge in [-0.1, -0.05) is 48.5 Å². The molecule has 1 unspecified atom stereocenters. The summed E-state index contributed by atoms with van der Waals surface area (Å²) in [6.45, 7) is 1.35. The number of fused-ring (bicyclic) bond motifs is 2. The molecule has 1 saturated heterocycles. The Labute approximate surface area is 214 Å². The number of nitrogens with zero attached hydrogens (tertiary/aromatic N) is 4. The topological polar surface area (TPSA) is 76.8 Å². The average Bonchev–Trinajstić information content (AvgIpc) is 3.65. The van der Waals surface area contributed by atoms with Crippen molar-refractivity contribution >= 4 is 37.2 Å². The van der Waals surface area contributed by atoms with Crippen LogP contribution >= 0.6 is 11.3 Å². The molecular formula is C27H26N4O3S2. The van der Waals surface area contributed by atoms with Crippen LogP contribution < -0.4 is 0 Å². The molecule has 5 aromatic rings. The zero-order chi connectivity index (χ0) is 24.5. The maximum atomic E-state index is 14.0. The number of hydrogen-bond acceptors (Lipinski definition) is 6. The summed E-state index contributed by atoms with van der Waals surface area (Å²) in [6.07, 6.45) is 5.96. The van der Waals surface area contributed by atoms with Crippen molar-refractivity contribution in [2.75, 3.05) is 19.7 Å². The van der Waals surface area contributed by atoms with Crippen molar-refractivity contribution in [2.24, 2.45) is 0 Å². The number of sulfonamides is 1. The van der Waals surface area contributed by atoms with Gasteiger partial charge in [-0.05, 0) is 25.0 Å². The molecule has 6 rings (SSSR count). The van der Waals surface area contributed by atoms with Gasteiger partial charge in [-0.15, -0.1) is 11.3 Å². The molecular weight excluding hydrogens is 492 g/mol. The van der Waals surface area contributed by atoms with Crippen LogP contribution in [0.5, 0.6) is 0 Å². The van der Waals surface area contributed by atoms with E-state index in [0.717, 1.165) is 40.1 Å². The number of pyridine rings is 1. The fraction of sp³-hybridized carbons (Fsp3) is 0.259. The van der Waals surface area contributed by atoms with E-state index in [1.54, 1.807) is 34.0 Å². The first kappa shape index (κ1) is 23.3. The molecule has 184 valence electrons. The molecule has 2 aromatic carbocycles. The zero-order valence-electron chi connectivity index (χ0n) is 19.7. The molecule has 1 atom stereocenters. The molecule has 7 nitrogen and oxygen atoms in total. The Morgan fingerprint density at radius 3 is 2.78 bits per heavy atom. The summed E-state index contributed by atoms with van der Waals surface area (Å²) in [4.78, 5) is 10.3. The van der Waals surface area contributed by atoms with Crippen molar-refractivity contribution in [3.63, 3.8) is 0 Å². The predicted molar refractivity (Wildman–Crippen MR) is 142 cm³/mol. The largest absolute Gasteiger partial charge is 0.377 e. The van der Waals surface area contributed by atoms with Crippen molar-refractivity contribution in [3.05, 3.63) is 84.1 Å². The summed E-state index contributed by atoms with van der Waals surface area (Å²) in [6, 6.07) is 19.1. The van der Waals surface area contributed by atoms with Gasteiger partial charge in [0.15, 0.2) is 4.96 Å². The van der Waals surface area contributed by atoms with Gasteiger partial charge in [0, 0.05) is 60.5 Å². The summed E-state index contributed by atoms with van der Waals surface area (Å²) in [5, 5.41) is 2.87. The number of benzene rings is 2. The fourth-order valence-corrected chi connectivity index (χ4v) is 7.29. The second kappa shape index (κ2) is 9.74. The van der Waals surface area contributed by atoms with Crippen molar-refractivity contribution in [1.29, 1.82) is 0 Å². The van der Waals surface area contributed by atoms with Gasteiger partial charge >= 0.3 is 0 Å². The molecule has 9 heteroatoms. The summed E-state index contributed by atoms with van der Waals surface area (Å²) in [5.74, 6) is 0. The Kier molecular flexibility index (Phi) is 6.30. The SMILES string of the molecule is O=S(=O)(c1cccc2cccnc12)N(CCc1csc2nc(-c3ccccc3)cn12)CC1CCCO1. The molecule has 0 radical (unpaired) electrons. The molecule has 0 amide bonds. The summed E-state index contributed by atoms with van der Waals surface area (Å²) < 4.78 is 37.4. The van der Waals surface area contributed by atoms with Gasteiger partial charge in [0.05, 0.1) is 17.3 Å². The summed E-state index contributed by atoms with van der Waals surface area (Å²) in [7, 11) is -3.79. The maximum Gasteiger partial charge on any atom is 0.245 e. The van der Waals surface area contributed by atoms with E-state index in [1.807, 2.05) is 54.7 Å². The van der Waals surface area contributed by atoms with E-state index in [0.29, 0.717) is 31.6 Å². The number of thiazole rings is 1. The number of aromatic nitrogens is 3. The number of para-hydroxylation sites is 1. The standard InChI is InChI=1S/C27H26N4O3S2/c32-36(33,25-12-4-9-21-10-5-14-28-26(21)25)30(17-23-11-6-16-34-23)15-13-22-19-35-27-29-24(18-31(22)27)20-7-2-1-3-8-20/h1-5,7-10,12,14,18-19,23H,6,11,13,15-17H2. The number of hydrogen-bond donors (Lipinski definition) is 0. The molecule has 3 aromatic heterocycles. The minimum Gasteiger partial charge on any atom is -0.377 e. The second-order valence-corrected chi connectivity index (χ2v) is 11.7. The lowest BCUT2D eigenvalue weighted by Gasteiger charge is -2.25. The molecule has 0 bridgehead atoms. The van der Waals surface area contributed by atoms with Gasteiger partial charge in [-0.2, -0.15) is 4.31 Å². The van der Waals surface area contributed by atoms with Crippen LogP contribution in [-0.2, 0) is 21.2 Å². The summed E-state index contributed by atoms with van der Waals surface area (Å²) in [5.41, 5.74) is 3.50. The zero-order valence-corrected chi connectivity index (χ0v) is 21.3. The van der Waals surface area contributed by atoms with E-state index in [2.05, 4.69) is 14.8 Å². The van der Waals surface area contributed by atoms with Gasteiger partial charge in [-0.3, -0.25) is 9.38 Å². The molecule has 4 heterocycles. The summed E-state index contributed by atoms with van der Waals surface area (Å²) >= 11 is 1.57. The van der Waals surface area contributed by atoms with Crippen LogP contribution in [0.3, 0.4) is 0 Å². The average molecular weight is 519 g/mol. The van der Waals surface area contributed by atoms with Crippen LogP contribution in [0.15, 0.2) is 83.3 Å². The number of ether oxygens (including phenoxy) is 1. The maximum absolute atomic E-state index is 14.0. The molecule has 0 spiro atoms. The highest BCUT2D eigenvalue weighted by Gasteiger charge is 2.31. The van der Waals surface area contributed by atoms with E-state index >= 15 is 0 Å². The third-order valence-corrected chi connectivity index (χ3v) is 9.40. The van der Waals surface area contributed by atoms with Gasteiger partial charge in [0.25, 0.3) is 0 Å². The highest BCUT2D eigenvalue weighted by atomic mass is 32.2. The highest BCUT2D eigenvalue weighted by molar-refractivity contribution is 7.89. The van der Waals surface area contributed by atoms with Crippen molar-refractivity contribution in [2.45, 2.75) is 30.3 Å². The minimum atomic E-state index is -3.79. The quantitative estimate of drug-likeness (QED) is 0.288. The van der Waals surface area contributed by atoms with Gasteiger partial charge in [0.2, 0.25) is 10.0 Å². The van der Waals surface area contributed by atoms with Gasteiger partial charge < -0.3 is 4.74 Å². The van der Waals surface area contributed by atoms with Crippen LogP contribution in [0.25, 0.3) is 27.1 Å². The van der Waals surface area contributed by atoms with Crippen LogP contribution in [-0.4, -0.2) is 52.9 Å². The van der Waals surface area contributed by atoms with Crippen LogP contribution in [0.4, 0.5) is 0 Å². The first-order valence-corrected chi connectivity index (χ1v) is 14.4. The lowest BCUT2D eigenvalue weighted by molar-refractivity contribution is 0.0939. The van der Waals surface area contributed by atoms with E-state index in [9.17, 15) is 8.42 Å². The molecule has 0 N–H and O–H groups in total. The van der Waals surface area contributed by atoms with Crippen LogP contribution in [0, 0.1) is 0 Å². The van der Waals surface area contributed by atoms with E-state index < -0.39 is 10.0 Å². The van der Waals surface area contributed by atoms with Crippen LogP contribution in [0.1, 0.15) is 18.5 Å². The Morgan fingerprint density at radius 1 is 1.08 bits per heavy atom. The molecule has 0 aliphatic carbocycles. The Balaban J connectivity index is 1.31. The van der Waals surface area contributed by atoms with E-state index in [-0.39, 0.29) is 11.0 Å². The van der Waals surface area contributed by atoms with E-state index in [4.69, 9.17) is 9.72 Å². The molecule has 1 fully saturated rings. The third-order valence-electron chi connectivity index (χ3n) is 6.62. The van der Waals surface area contributed by atoms with Gasteiger partial charge in [-0.25, -0.2) is 13.4 Å². The second-order valence-electron chi connectivity index (χ2n) is 8.95. The first-order chi connectivity index (χ1) is 17.6. The fourth-order valence-electron chi connectivity index (χ4n) is 4.74. The van der Waals surface area contributed by atoms with Crippen molar-refractivity contribution in [3.8, 4) is 11.3 Å². The smallest absolute Gasteiger partial charge is 0.245 e. The highest BCUT2D eigenvalue weighted by Crippen LogP contribution is 2.27. The number of rotatable bonds is 8. The molecule has 36 heavy (non-hydrogen) atoms. The molecule has 0 saturated carbocycles.